The van der Waals surface area contributed by atoms with Gasteiger partial charge in [0.05, 0.1) is 29.1 Å². The second-order valence-electron chi connectivity index (χ2n) is 11.0. The first-order valence-corrected chi connectivity index (χ1v) is 13.8. The van der Waals surface area contributed by atoms with E-state index in [1.54, 1.807) is 12.3 Å². The summed E-state index contributed by atoms with van der Waals surface area (Å²) in [4.78, 5) is 27.2. The SMILES string of the molecule is C=Cc1cc(-c2c(C3CC3)nc(N3CCN(C(=O)CCC4CCO4)C(C4CC4)C3)c(C#N)c2C)ccn1. The standard InChI is InChI=1S/C30H35N5O2/c1-3-23-16-22(10-12-32-23)28-19(2)25(17-31)30(33-29(28)21-6-7-21)34-13-14-35(26(18-34)20-4-5-20)27(36)9-8-24-11-15-37-24/h3,10,12,16,20-21,24,26H,1,4-9,11,13-15,18H2,2H3. The molecule has 2 aromatic rings. The predicted octanol–water partition coefficient (Wildman–Crippen LogP) is 4.84. The Kier molecular flexibility index (Phi) is 6.46. The van der Waals surface area contributed by atoms with Crippen molar-refractivity contribution in [3.8, 4) is 17.2 Å². The van der Waals surface area contributed by atoms with E-state index in [4.69, 9.17) is 9.72 Å². The lowest BCUT2D eigenvalue weighted by Gasteiger charge is -2.43. The first-order valence-electron chi connectivity index (χ1n) is 13.8. The molecule has 4 heterocycles. The number of nitrogens with zero attached hydrogens (tertiary/aromatic N) is 5. The number of amides is 1. The van der Waals surface area contributed by atoms with Gasteiger partial charge in [0.1, 0.15) is 11.9 Å². The average molecular weight is 498 g/mol. The molecule has 6 rings (SSSR count). The molecule has 2 atom stereocenters. The highest BCUT2D eigenvalue weighted by molar-refractivity contribution is 5.79. The summed E-state index contributed by atoms with van der Waals surface area (Å²) in [7, 11) is 0. The van der Waals surface area contributed by atoms with Gasteiger partial charge in [0.15, 0.2) is 0 Å². The van der Waals surface area contributed by atoms with Crippen LogP contribution in [0.2, 0.25) is 0 Å². The number of anilines is 1. The molecule has 0 bridgehead atoms. The fourth-order valence-electron chi connectivity index (χ4n) is 5.94. The van der Waals surface area contributed by atoms with Crippen molar-refractivity contribution in [1.29, 1.82) is 5.26 Å². The number of hydrogen-bond acceptors (Lipinski definition) is 6. The maximum absolute atomic E-state index is 13.2. The number of hydrogen-bond donors (Lipinski definition) is 0. The molecule has 2 aromatic heterocycles. The van der Waals surface area contributed by atoms with E-state index in [0.717, 1.165) is 72.7 Å². The van der Waals surface area contributed by atoms with Crippen LogP contribution in [0.25, 0.3) is 17.2 Å². The lowest BCUT2D eigenvalue weighted by molar-refractivity contribution is -0.136. The van der Waals surface area contributed by atoms with Gasteiger partial charge in [0, 0.05) is 50.3 Å². The Hall–Kier alpha value is -3.24. The highest BCUT2D eigenvalue weighted by atomic mass is 16.5. The van der Waals surface area contributed by atoms with Gasteiger partial charge < -0.3 is 14.5 Å². The van der Waals surface area contributed by atoms with E-state index < -0.39 is 0 Å². The first-order chi connectivity index (χ1) is 18.1. The summed E-state index contributed by atoms with van der Waals surface area (Å²) in [6.07, 6.45) is 10.9. The Morgan fingerprint density at radius 2 is 2.08 bits per heavy atom. The maximum atomic E-state index is 13.2. The van der Waals surface area contributed by atoms with Gasteiger partial charge >= 0.3 is 0 Å². The van der Waals surface area contributed by atoms with Crippen molar-refractivity contribution in [1.82, 2.24) is 14.9 Å². The van der Waals surface area contributed by atoms with Gasteiger partial charge in [-0.15, -0.1) is 0 Å². The lowest BCUT2D eigenvalue weighted by Crippen LogP contribution is -2.56. The predicted molar refractivity (Wildman–Crippen MR) is 143 cm³/mol. The molecule has 0 spiro atoms. The summed E-state index contributed by atoms with van der Waals surface area (Å²) in [5.41, 5.74) is 5.65. The fraction of sp³-hybridized carbons (Fsp3) is 0.533. The maximum Gasteiger partial charge on any atom is 0.223 e. The topological polar surface area (TPSA) is 82.4 Å². The molecule has 192 valence electrons. The van der Waals surface area contributed by atoms with E-state index in [1.165, 1.54) is 12.8 Å². The second kappa shape index (κ2) is 9.90. The van der Waals surface area contributed by atoms with Crippen molar-refractivity contribution >= 4 is 17.8 Å². The molecule has 4 aliphatic rings. The highest BCUT2D eigenvalue weighted by Crippen LogP contribution is 2.47. The van der Waals surface area contributed by atoms with Crippen LogP contribution in [-0.4, -0.2) is 59.2 Å². The van der Waals surface area contributed by atoms with E-state index in [0.29, 0.717) is 36.9 Å². The number of nitriles is 1. The number of carbonyl (C=O) groups is 1. The number of rotatable bonds is 8. The van der Waals surface area contributed by atoms with Crippen LogP contribution < -0.4 is 4.90 Å². The third-order valence-electron chi connectivity index (χ3n) is 8.49. The molecule has 0 aromatic carbocycles. The third-order valence-corrected chi connectivity index (χ3v) is 8.49. The Morgan fingerprint density at radius 1 is 1.27 bits per heavy atom. The number of aromatic nitrogens is 2. The van der Waals surface area contributed by atoms with Gasteiger partial charge in [0.25, 0.3) is 0 Å². The molecule has 7 heteroatoms. The van der Waals surface area contributed by atoms with Crippen molar-refractivity contribution in [2.45, 2.75) is 69.9 Å². The number of pyridine rings is 2. The van der Waals surface area contributed by atoms with Crippen LogP contribution in [0.3, 0.4) is 0 Å². The Labute approximate surface area is 219 Å². The summed E-state index contributed by atoms with van der Waals surface area (Å²) in [5.74, 6) is 2.02. The summed E-state index contributed by atoms with van der Waals surface area (Å²) >= 11 is 0. The minimum Gasteiger partial charge on any atom is -0.378 e. The van der Waals surface area contributed by atoms with Crippen molar-refractivity contribution < 1.29 is 9.53 Å². The molecule has 0 N–H and O–H groups in total. The molecule has 0 radical (unpaired) electrons. The Balaban J connectivity index is 1.30. The van der Waals surface area contributed by atoms with Gasteiger partial charge in [-0.3, -0.25) is 9.78 Å². The molecular weight excluding hydrogens is 462 g/mol. The number of carbonyl (C=O) groups excluding carboxylic acids is 1. The third kappa shape index (κ3) is 4.75. The Morgan fingerprint density at radius 3 is 2.73 bits per heavy atom. The largest absolute Gasteiger partial charge is 0.378 e. The average Bonchev–Trinajstić information content (AvgIpc) is 3.80. The van der Waals surface area contributed by atoms with Crippen LogP contribution in [0, 0.1) is 24.2 Å². The molecule has 4 fully saturated rings. The molecule has 7 nitrogen and oxygen atoms in total. The molecule has 1 amide bonds. The van der Waals surface area contributed by atoms with Gasteiger partial charge in [-0.05, 0) is 80.7 Å². The van der Waals surface area contributed by atoms with Crippen LogP contribution >= 0.6 is 0 Å². The minimum absolute atomic E-state index is 0.191. The smallest absolute Gasteiger partial charge is 0.223 e. The normalized spacial score (nSPS) is 23.4. The van der Waals surface area contributed by atoms with E-state index >= 15 is 0 Å². The fourth-order valence-corrected chi connectivity index (χ4v) is 5.94. The van der Waals surface area contributed by atoms with Crippen LogP contribution in [0.1, 0.15) is 73.4 Å². The van der Waals surface area contributed by atoms with E-state index in [9.17, 15) is 10.1 Å². The van der Waals surface area contributed by atoms with Gasteiger partial charge in [-0.1, -0.05) is 6.58 Å². The lowest BCUT2D eigenvalue weighted by atomic mass is 9.93. The minimum atomic E-state index is 0.191. The monoisotopic (exact) mass is 497 g/mol. The van der Waals surface area contributed by atoms with Crippen LogP contribution in [0.4, 0.5) is 5.82 Å². The van der Waals surface area contributed by atoms with Gasteiger partial charge in [0.2, 0.25) is 5.91 Å². The zero-order valence-corrected chi connectivity index (χ0v) is 21.7. The highest BCUT2D eigenvalue weighted by Gasteiger charge is 2.42. The van der Waals surface area contributed by atoms with Crippen molar-refractivity contribution in [3.05, 3.63) is 47.4 Å². The molecule has 2 unspecified atom stereocenters. The van der Waals surface area contributed by atoms with Crippen molar-refractivity contribution in [2.24, 2.45) is 5.92 Å². The zero-order valence-electron chi connectivity index (χ0n) is 21.7. The summed E-state index contributed by atoms with van der Waals surface area (Å²) in [6, 6.07) is 6.72. The zero-order chi connectivity index (χ0) is 25.5. The second-order valence-corrected chi connectivity index (χ2v) is 11.0. The van der Waals surface area contributed by atoms with Crippen LogP contribution in [-0.2, 0) is 9.53 Å². The number of ether oxygens (including phenoxy) is 1. The van der Waals surface area contributed by atoms with Crippen LogP contribution in [0.5, 0.6) is 0 Å². The molecule has 37 heavy (non-hydrogen) atoms. The van der Waals surface area contributed by atoms with E-state index in [2.05, 4.69) is 34.4 Å². The molecule has 2 saturated heterocycles. The molecule has 2 aliphatic heterocycles. The first kappa shape index (κ1) is 24.1. The van der Waals surface area contributed by atoms with Gasteiger partial charge in [-0.25, -0.2) is 4.98 Å². The van der Waals surface area contributed by atoms with Crippen molar-refractivity contribution in [2.75, 3.05) is 31.1 Å². The molecule has 2 aliphatic carbocycles. The number of piperazine rings is 1. The summed E-state index contributed by atoms with van der Waals surface area (Å²) in [5, 5.41) is 10.3. The Bertz CT molecular complexity index is 1260. The summed E-state index contributed by atoms with van der Waals surface area (Å²) in [6.45, 7) is 8.89. The van der Waals surface area contributed by atoms with E-state index in [1.807, 2.05) is 12.1 Å². The summed E-state index contributed by atoms with van der Waals surface area (Å²) < 4.78 is 5.53. The molecular formula is C30H35N5O2. The van der Waals surface area contributed by atoms with E-state index in [-0.39, 0.29) is 18.1 Å². The molecule has 2 saturated carbocycles. The van der Waals surface area contributed by atoms with Crippen molar-refractivity contribution in [3.63, 3.8) is 0 Å². The van der Waals surface area contributed by atoms with Crippen LogP contribution in [0.15, 0.2) is 24.9 Å². The quantitative estimate of drug-likeness (QED) is 0.519. The van der Waals surface area contributed by atoms with Gasteiger partial charge in [-0.2, -0.15) is 5.26 Å².